The van der Waals surface area contributed by atoms with Crippen LogP contribution in [0.2, 0.25) is 5.02 Å². The van der Waals surface area contributed by atoms with Gasteiger partial charge in [0.15, 0.2) is 11.5 Å². The number of nitrogens with one attached hydrogen (secondary N) is 2. The molecule has 1 aliphatic heterocycles. The average molecular weight is 503 g/mol. The molecular formula is C25H23ClN8O2. The summed E-state index contributed by atoms with van der Waals surface area (Å²) in [6.07, 6.45) is 7.99. The van der Waals surface area contributed by atoms with Crippen molar-refractivity contribution in [1.82, 2.24) is 34.9 Å². The first kappa shape index (κ1) is 22.5. The number of piperidine rings is 1. The summed E-state index contributed by atoms with van der Waals surface area (Å²) in [6.45, 7) is 1.09. The van der Waals surface area contributed by atoms with Crippen LogP contribution < -0.4 is 5.32 Å². The van der Waals surface area contributed by atoms with Gasteiger partial charge in [0.1, 0.15) is 11.6 Å². The third-order valence-electron chi connectivity index (χ3n) is 7.00. The molecule has 2 amide bonds. The van der Waals surface area contributed by atoms with Crippen molar-refractivity contribution in [2.75, 3.05) is 13.1 Å². The van der Waals surface area contributed by atoms with Crippen molar-refractivity contribution < 1.29 is 9.59 Å². The number of H-pyrrole nitrogens is 1. The van der Waals surface area contributed by atoms with Crippen LogP contribution in [-0.2, 0) is 4.79 Å². The molecule has 0 radical (unpaired) electrons. The molecule has 36 heavy (non-hydrogen) atoms. The SMILES string of the molecule is N#CC1CCN(C(=O)C(NC(=O)c2c[nH]c3ncc(-n4ncc5cc(Cl)ccc54)nc23)C2CC2)CC1. The number of fused-ring (bicyclic) bond motifs is 2. The maximum absolute atomic E-state index is 13.3. The third kappa shape index (κ3) is 4.05. The second-order valence-corrected chi connectivity index (χ2v) is 9.84. The summed E-state index contributed by atoms with van der Waals surface area (Å²) in [5.74, 6) is 0.135. The Hall–Kier alpha value is -3.97. The van der Waals surface area contributed by atoms with E-state index in [1.807, 2.05) is 12.1 Å². The Morgan fingerprint density at radius 1 is 1.19 bits per heavy atom. The Bertz CT molecular complexity index is 1520. The minimum atomic E-state index is -0.586. The highest BCUT2D eigenvalue weighted by Crippen LogP contribution is 2.34. The number of nitriles is 1. The lowest BCUT2D eigenvalue weighted by Gasteiger charge is -2.32. The van der Waals surface area contributed by atoms with Gasteiger partial charge in [-0.1, -0.05) is 11.6 Å². The lowest BCUT2D eigenvalue weighted by Crippen LogP contribution is -2.51. The minimum absolute atomic E-state index is 0.00843. The molecule has 1 aliphatic carbocycles. The summed E-state index contributed by atoms with van der Waals surface area (Å²) in [5, 5.41) is 18.0. The molecule has 0 spiro atoms. The first-order valence-corrected chi connectivity index (χ1v) is 12.4. The zero-order chi connectivity index (χ0) is 24.8. The molecule has 10 nitrogen and oxygen atoms in total. The number of aromatic amines is 1. The second-order valence-electron chi connectivity index (χ2n) is 9.40. The number of amides is 2. The van der Waals surface area contributed by atoms with Crippen LogP contribution in [0.3, 0.4) is 0 Å². The summed E-state index contributed by atoms with van der Waals surface area (Å²) in [4.78, 5) is 40.5. The summed E-state index contributed by atoms with van der Waals surface area (Å²) >= 11 is 6.09. The molecule has 4 aromatic rings. The molecule has 11 heteroatoms. The van der Waals surface area contributed by atoms with Gasteiger partial charge in [0, 0.05) is 35.6 Å². The van der Waals surface area contributed by atoms with Crippen molar-refractivity contribution in [2.24, 2.45) is 11.8 Å². The highest BCUT2D eigenvalue weighted by Gasteiger charge is 2.40. The van der Waals surface area contributed by atoms with Crippen molar-refractivity contribution in [3.63, 3.8) is 0 Å². The molecule has 4 heterocycles. The van der Waals surface area contributed by atoms with Gasteiger partial charge in [-0.2, -0.15) is 10.4 Å². The number of nitrogens with zero attached hydrogens (tertiary/aromatic N) is 6. The quantitative estimate of drug-likeness (QED) is 0.430. The number of carbonyl (C=O) groups is 2. The lowest BCUT2D eigenvalue weighted by atomic mass is 9.97. The van der Waals surface area contributed by atoms with Crippen LogP contribution in [0.1, 0.15) is 36.0 Å². The molecule has 6 rings (SSSR count). The highest BCUT2D eigenvalue weighted by molar-refractivity contribution is 6.31. The number of halogens is 1. The Kier molecular flexibility index (Phi) is 5.57. The van der Waals surface area contributed by atoms with E-state index in [4.69, 9.17) is 16.9 Å². The number of hydrogen-bond acceptors (Lipinski definition) is 6. The van der Waals surface area contributed by atoms with E-state index in [1.165, 1.54) is 0 Å². The zero-order valence-electron chi connectivity index (χ0n) is 19.3. The van der Waals surface area contributed by atoms with Gasteiger partial charge in [-0.25, -0.2) is 14.6 Å². The Morgan fingerprint density at radius 2 is 2.00 bits per heavy atom. The topological polar surface area (TPSA) is 133 Å². The molecule has 1 saturated carbocycles. The predicted octanol–water partition coefficient (Wildman–Crippen LogP) is 3.22. The van der Waals surface area contributed by atoms with Gasteiger partial charge in [0.25, 0.3) is 5.91 Å². The molecule has 1 saturated heterocycles. The number of likely N-dealkylation sites (tertiary alicyclic amines) is 1. The van der Waals surface area contributed by atoms with E-state index in [9.17, 15) is 9.59 Å². The summed E-state index contributed by atoms with van der Waals surface area (Å²) in [7, 11) is 0. The van der Waals surface area contributed by atoms with E-state index in [0.29, 0.717) is 53.5 Å². The Balaban J connectivity index is 1.26. The molecule has 2 N–H and O–H groups in total. The second kappa shape index (κ2) is 8.91. The average Bonchev–Trinajstić information content (AvgIpc) is 3.52. The van der Waals surface area contributed by atoms with E-state index >= 15 is 0 Å². The first-order chi connectivity index (χ1) is 17.5. The fourth-order valence-electron chi connectivity index (χ4n) is 4.80. The van der Waals surface area contributed by atoms with Crippen LogP contribution in [0.5, 0.6) is 0 Å². The number of rotatable bonds is 5. The summed E-state index contributed by atoms with van der Waals surface area (Å²) in [6, 6.07) is 7.15. The Morgan fingerprint density at radius 3 is 2.75 bits per heavy atom. The van der Waals surface area contributed by atoms with Gasteiger partial charge < -0.3 is 15.2 Å². The highest BCUT2D eigenvalue weighted by atomic mass is 35.5. The van der Waals surface area contributed by atoms with Gasteiger partial charge >= 0.3 is 0 Å². The molecule has 2 aliphatic rings. The smallest absolute Gasteiger partial charge is 0.255 e. The van der Waals surface area contributed by atoms with Crippen molar-refractivity contribution in [2.45, 2.75) is 31.7 Å². The summed E-state index contributed by atoms with van der Waals surface area (Å²) in [5.41, 5.74) is 2.00. The maximum Gasteiger partial charge on any atom is 0.255 e. The fraction of sp³-hybridized carbons (Fsp3) is 0.360. The molecule has 1 aromatic carbocycles. The van der Waals surface area contributed by atoms with E-state index in [0.717, 1.165) is 23.7 Å². The van der Waals surface area contributed by atoms with Crippen LogP contribution in [0, 0.1) is 23.2 Å². The largest absolute Gasteiger partial charge is 0.344 e. The number of hydrogen-bond donors (Lipinski definition) is 2. The van der Waals surface area contributed by atoms with Gasteiger partial charge in [-0.15, -0.1) is 0 Å². The molecule has 1 unspecified atom stereocenters. The first-order valence-electron chi connectivity index (χ1n) is 12.0. The molecule has 2 fully saturated rings. The Labute approximate surface area is 211 Å². The molecular weight excluding hydrogens is 480 g/mol. The maximum atomic E-state index is 13.3. The minimum Gasteiger partial charge on any atom is -0.344 e. The normalized spacial score (nSPS) is 17.3. The van der Waals surface area contributed by atoms with Crippen molar-refractivity contribution in [3.05, 3.63) is 47.4 Å². The van der Waals surface area contributed by atoms with Crippen LogP contribution in [-0.4, -0.2) is 60.6 Å². The molecule has 0 bridgehead atoms. The lowest BCUT2D eigenvalue weighted by molar-refractivity contribution is -0.135. The van der Waals surface area contributed by atoms with Crippen LogP contribution in [0.25, 0.3) is 27.9 Å². The standard InChI is InChI=1S/C25H23ClN8O2/c26-17-3-4-19-16(9-17)11-30-34(19)20-13-29-23-22(31-20)18(12-28-23)24(35)32-21(15-1-2-15)25(36)33-7-5-14(10-27)6-8-33/h3-4,9,11-15,21H,1-2,5-8H2,(H,28,29)(H,32,35). The van der Waals surface area contributed by atoms with Gasteiger partial charge in [-0.3, -0.25) is 9.59 Å². The van der Waals surface area contributed by atoms with Crippen LogP contribution in [0.4, 0.5) is 0 Å². The van der Waals surface area contributed by atoms with Crippen molar-refractivity contribution >= 4 is 45.5 Å². The monoisotopic (exact) mass is 502 g/mol. The summed E-state index contributed by atoms with van der Waals surface area (Å²) < 4.78 is 1.65. The number of aromatic nitrogens is 5. The van der Waals surface area contributed by atoms with Crippen molar-refractivity contribution in [1.29, 1.82) is 5.26 Å². The van der Waals surface area contributed by atoms with E-state index < -0.39 is 6.04 Å². The molecule has 1 atom stereocenters. The van der Waals surface area contributed by atoms with Gasteiger partial charge in [0.2, 0.25) is 5.91 Å². The van der Waals surface area contributed by atoms with Crippen LogP contribution in [0.15, 0.2) is 36.8 Å². The fourth-order valence-corrected chi connectivity index (χ4v) is 4.98. The van der Waals surface area contributed by atoms with Crippen LogP contribution >= 0.6 is 11.6 Å². The molecule has 182 valence electrons. The predicted molar refractivity (Wildman–Crippen MR) is 132 cm³/mol. The van der Waals surface area contributed by atoms with Crippen molar-refractivity contribution in [3.8, 4) is 11.9 Å². The van der Waals surface area contributed by atoms with Gasteiger partial charge in [-0.05, 0) is 49.8 Å². The van der Waals surface area contributed by atoms with E-state index in [2.05, 4.69) is 31.4 Å². The van der Waals surface area contributed by atoms with E-state index in [1.54, 1.807) is 34.2 Å². The molecule has 3 aromatic heterocycles. The van der Waals surface area contributed by atoms with E-state index in [-0.39, 0.29) is 23.7 Å². The third-order valence-corrected chi connectivity index (χ3v) is 7.23. The zero-order valence-corrected chi connectivity index (χ0v) is 20.1. The number of benzene rings is 1. The van der Waals surface area contributed by atoms with Gasteiger partial charge in [0.05, 0.1) is 29.5 Å². The number of carbonyl (C=O) groups excluding carboxylic acids is 2.